The van der Waals surface area contributed by atoms with Gasteiger partial charge in [-0.3, -0.25) is 9.59 Å². The Bertz CT molecular complexity index is 196. The molecule has 5 nitrogen and oxygen atoms in total. The number of carbonyl (C=O) groups excluding carboxylic acids is 1. The van der Waals surface area contributed by atoms with Crippen LogP contribution in [0.25, 0.3) is 0 Å². The summed E-state index contributed by atoms with van der Waals surface area (Å²) in [6.45, 7) is 0. The van der Waals surface area contributed by atoms with Crippen LogP contribution in [-0.4, -0.2) is 27.9 Å². The summed E-state index contributed by atoms with van der Waals surface area (Å²) in [7, 11) is 0. The molecule has 0 heterocycles. The summed E-state index contributed by atoms with van der Waals surface area (Å²) in [5, 5.41) is 16.3. The van der Waals surface area contributed by atoms with Crippen molar-refractivity contribution >= 4 is 17.7 Å². The van der Waals surface area contributed by atoms with Crippen LogP contribution in [0.3, 0.4) is 0 Å². The summed E-state index contributed by atoms with van der Waals surface area (Å²) < 4.78 is 0. The molecule has 0 unspecified atom stereocenters. The molecule has 0 radical (unpaired) electrons. The monoisotopic (exact) mass is 174 g/mol. The highest BCUT2D eigenvalue weighted by molar-refractivity contribution is 6.32. The molecule has 0 fully saturated rings. The normalized spacial score (nSPS) is 9.33. The van der Waals surface area contributed by atoms with Gasteiger partial charge in [0.2, 0.25) is 5.78 Å². The van der Waals surface area contributed by atoms with Gasteiger partial charge in [0, 0.05) is 12.8 Å². The standard InChI is InChI=1S/C7H10O5/c8-5(7(11)12)3-1-2-4-6(9)10/h1-4H2,(H,9,10)(H,11,12). The van der Waals surface area contributed by atoms with E-state index in [2.05, 4.69) is 0 Å². The Morgan fingerprint density at radius 2 is 1.42 bits per heavy atom. The number of unbranched alkanes of at least 4 members (excludes halogenated alkanes) is 1. The van der Waals surface area contributed by atoms with Crippen molar-refractivity contribution in [2.24, 2.45) is 0 Å². The van der Waals surface area contributed by atoms with E-state index in [1.807, 2.05) is 0 Å². The molecule has 5 heteroatoms. The van der Waals surface area contributed by atoms with Crippen molar-refractivity contribution in [2.45, 2.75) is 25.7 Å². The van der Waals surface area contributed by atoms with E-state index in [4.69, 9.17) is 10.2 Å². The highest BCUT2D eigenvalue weighted by Gasteiger charge is 2.10. The lowest BCUT2D eigenvalue weighted by molar-refractivity contribution is -0.149. The summed E-state index contributed by atoms with van der Waals surface area (Å²) in [4.78, 5) is 30.4. The van der Waals surface area contributed by atoms with E-state index in [0.29, 0.717) is 12.8 Å². The minimum atomic E-state index is -1.45. The molecule has 0 aromatic heterocycles. The quantitative estimate of drug-likeness (QED) is 0.446. The van der Waals surface area contributed by atoms with Crippen LogP contribution in [0.1, 0.15) is 25.7 Å². The predicted molar refractivity (Wildman–Crippen MR) is 38.7 cm³/mol. The minimum Gasteiger partial charge on any atom is -0.481 e. The van der Waals surface area contributed by atoms with E-state index in [-0.39, 0.29) is 12.8 Å². The van der Waals surface area contributed by atoms with Gasteiger partial charge in [-0.05, 0) is 12.8 Å². The fourth-order valence-corrected chi connectivity index (χ4v) is 0.669. The summed E-state index contributed by atoms with van der Waals surface area (Å²) >= 11 is 0. The molecular weight excluding hydrogens is 164 g/mol. The molecule has 68 valence electrons. The highest BCUT2D eigenvalue weighted by Crippen LogP contribution is 2.00. The number of carboxylic acid groups (broad SMARTS) is 2. The second-order valence-electron chi connectivity index (χ2n) is 2.33. The number of rotatable bonds is 6. The Hall–Kier alpha value is -1.39. The predicted octanol–water partition coefficient (Wildman–Crippen LogP) is 0.285. The van der Waals surface area contributed by atoms with Crippen molar-refractivity contribution in [2.75, 3.05) is 0 Å². The van der Waals surface area contributed by atoms with Gasteiger partial charge in [-0.15, -0.1) is 0 Å². The Balaban J connectivity index is 3.38. The van der Waals surface area contributed by atoms with Crippen molar-refractivity contribution in [1.29, 1.82) is 0 Å². The first kappa shape index (κ1) is 10.6. The summed E-state index contributed by atoms with van der Waals surface area (Å²) in [6, 6.07) is 0. The number of hydrogen-bond donors (Lipinski definition) is 2. The fourth-order valence-electron chi connectivity index (χ4n) is 0.669. The van der Waals surface area contributed by atoms with E-state index < -0.39 is 17.7 Å². The van der Waals surface area contributed by atoms with E-state index >= 15 is 0 Å². The lowest BCUT2D eigenvalue weighted by Crippen LogP contribution is -2.11. The molecule has 0 atom stereocenters. The van der Waals surface area contributed by atoms with Crippen LogP contribution in [0.5, 0.6) is 0 Å². The lowest BCUT2D eigenvalue weighted by atomic mass is 10.1. The first-order valence-electron chi connectivity index (χ1n) is 3.52. The molecule has 0 amide bonds. The Morgan fingerprint density at radius 3 is 1.83 bits per heavy atom. The number of carboxylic acids is 2. The van der Waals surface area contributed by atoms with Crippen LogP contribution >= 0.6 is 0 Å². The van der Waals surface area contributed by atoms with Crippen molar-refractivity contribution in [3.63, 3.8) is 0 Å². The van der Waals surface area contributed by atoms with Gasteiger partial charge in [0.1, 0.15) is 0 Å². The molecule has 0 aliphatic carbocycles. The first-order valence-corrected chi connectivity index (χ1v) is 3.52. The second kappa shape index (κ2) is 5.29. The van der Waals surface area contributed by atoms with Crippen molar-refractivity contribution in [1.82, 2.24) is 0 Å². The molecule has 12 heavy (non-hydrogen) atoms. The summed E-state index contributed by atoms with van der Waals surface area (Å²) in [6.07, 6.45) is 0.557. The van der Waals surface area contributed by atoms with Crippen molar-refractivity contribution in [3.05, 3.63) is 0 Å². The number of ketones is 1. The zero-order valence-electron chi connectivity index (χ0n) is 6.45. The Morgan fingerprint density at radius 1 is 0.917 bits per heavy atom. The van der Waals surface area contributed by atoms with Gasteiger partial charge in [-0.2, -0.15) is 0 Å². The topological polar surface area (TPSA) is 91.7 Å². The van der Waals surface area contributed by atoms with Gasteiger partial charge in [0.25, 0.3) is 0 Å². The third-order valence-corrected chi connectivity index (χ3v) is 1.28. The summed E-state index contributed by atoms with van der Waals surface area (Å²) in [5.41, 5.74) is 0. The zero-order chi connectivity index (χ0) is 9.56. The maximum absolute atomic E-state index is 10.4. The molecule has 0 saturated heterocycles. The number of Topliss-reactive ketones (excluding diaryl/α,β-unsaturated/α-hetero) is 1. The molecule has 0 aliphatic rings. The molecule has 0 spiro atoms. The van der Waals surface area contributed by atoms with Crippen molar-refractivity contribution < 1.29 is 24.6 Å². The van der Waals surface area contributed by atoms with Crippen LogP contribution < -0.4 is 0 Å². The average Bonchev–Trinajstić information content (AvgIpc) is 1.97. The van der Waals surface area contributed by atoms with Crippen LogP contribution in [0.15, 0.2) is 0 Å². The van der Waals surface area contributed by atoms with Crippen LogP contribution in [0, 0.1) is 0 Å². The molecule has 0 aromatic rings. The SMILES string of the molecule is O=C(O)CCCCC(=O)C(=O)O. The molecule has 0 aliphatic heterocycles. The first-order chi connectivity index (χ1) is 5.54. The van der Waals surface area contributed by atoms with E-state index in [0.717, 1.165) is 0 Å². The number of hydrogen-bond acceptors (Lipinski definition) is 3. The average molecular weight is 174 g/mol. The van der Waals surface area contributed by atoms with Gasteiger partial charge in [0.15, 0.2) is 0 Å². The van der Waals surface area contributed by atoms with E-state index in [1.54, 1.807) is 0 Å². The number of carbonyl (C=O) groups is 3. The van der Waals surface area contributed by atoms with Crippen LogP contribution in [-0.2, 0) is 14.4 Å². The Labute approximate surface area is 69.0 Å². The van der Waals surface area contributed by atoms with Crippen LogP contribution in [0.4, 0.5) is 0 Å². The van der Waals surface area contributed by atoms with Gasteiger partial charge < -0.3 is 10.2 Å². The molecule has 2 N–H and O–H groups in total. The molecular formula is C7H10O5. The lowest BCUT2D eigenvalue weighted by Gasteiger charge is -1.94. The highest BCUT2D eigenvalue weighted by atomic mass is 16.4. The maximum Gasteiger partial charge on any atom is 0.372 e. The van der Waals surface area contributed by atoms with Crippen LogP contribution in [0.2, 0.25) is 0 Å². The summed E-state index contributed by atoms with van der Waals surface area (Å²) in [5.74, 6) is -3.25. The van der Waals surface area contributed by atoms with Gasteiger partial charge in [-0.1, -0.05) is 0 Å². The van der Waals surface area contributed by atoms with E-state index in [9.17, 15) is 14.4 Å². The molecule has 0 saturated carbocycles. The second-order valence-corrected chi connectivity index (χ2v) is 2.33. The largest absolute Gasteiger partial charge is 0.481 e. The zero-order valence-corrected chi connectivity index (χ0v) is 6.45. The van der Waals surface area contributed by atoms with Gasteiger partial charge in [0.05, 0.1) is 0 Å². The molecule has 0 aromatic carbocycles. The smallest absolute Gasteiger partial charge is 0.372 e. The number of aliphatic carboxylic acids is 2. The van der Waals surface area contributed by atoms with Gasteiger partial charge in [-0.25, -0.2) is 4.79 Å². The van der Waals surface area contributed by atoms with Crippen molar-refractivity contribution in [3.8, 4) is 0 Å². The molecule has 0 bridgehead atoms. The van der Waals surface area contributed by atoms with Gasteiger partial charge >= 0.3 is 11.9 Å². The van der Waals surface area contributed by atoms with E-state index in [1.165, 1.54) is 0 Å². The minimum absolute atomic E-state index is 0.0209. The maximum atomic E-state index is 10.4. The Kier molecular flexibility index (Phi) is 4.67. The third-order valence-electron chi connectivity index (χ3n) is 1.28. The fraction of sp³-hybridized carbons (Fsp3) is 0.571. The molecule has 0 rings (SSSR count). The third kappa shape index (κ3) is 5.40.